The highest BCUT2D eigenvalue weighted by atomic mass is 79.9. The number of halogens is 1. The summed E-state index contributed by atoms with van der Waals surface area (Å²) in [7, 11) is 3.13. The van der Waals surface area contributed by atoms with Crippen LogP contribution in [0.25, 0.3) is 11.2 Å². The molecule has 2 heterocycles. The number of benzene rings is 1. The highest BCUT2D eigenvalue weighted by Crippen LogP contribution is 2.25. The van der Waals surface area contributed by atoms with Gasteiger partial charge in [-0.25, -0.2) is 4.79 Å². The lowest BCUT2D eigenvalue weighted by Crippen LogP contribution is -2.43. The smallest absolute Gasteiger partial charge is 0.332 e. The second-order valence-corrected chi connectivity index (χ2v) is 8.54. The average molecular weight is 461 g/mol. The Balaban J connectivity index is 1.90. The summed E-state index contributed by atoms with van der Waals surface area (Å²) in [4.78, 5) is 30.1. The molecule has 3 N–H and O–H groups in total. The van der Waals surface area contributed by atoms with Gasteiger partial charge in [0.2, 0.25) is 5.95 Å². The fraction of sp³-hybridized carbons (Fsp3) is 0.450. The summed E-state index contributed by atoms with van der Waals surface area (Å²) >= 11 is 3.59. The Labute approximate surface area is 176 Å². The summed E-state index contributed by atoms with van der Waals surface area (Å²) in [6, 6.07) is 7.98. The molecule has 0 unspecified atom stereocenters. The minimum atomic E-state index is -0.394. The molecule has 4 rings (SSSR count). The molecule has 0 bridgehead atoms. The maximum Gasteiger partial charge on any atom is 0.332 e. The van der Waals surface area contributed by atoms with Gasteiger partial charge in [-0.3, -0.25) is 18.5 Å². The number of nitrogens with one attached hydrogen (secondary N) is 1. The molecule has 0 spiro atoms. The van der Waals surface area contributed by atoms with Crippen molar-refractivity contribution in [2.75, 3.05) is 5.32 Å². The first-order chi connectivity index (χ1) is 13.9. The zero-order valence-corrected chi connectivity index (χ0v) is 18.1. The quantitative estimate of drug-likeness (QED) is 0.619. The number of hydrogen-bond acceptors (Lipinski definition) is 5. The molecule has 2 aromatic heterocycles. The van der Waals surface area contributed by atoms with E-state index in [2.05, 4.69) is 26.2 Å². The average Bonchev–Trinajstić information content (AvgIpc) is 3.06. The van der Waals surface area contributed by atoms with Gasteiger partial charge >= 0.3 is 5.69 Å². The highest BCUT2D eigenvalue weighted by Gasteiger charge is 2.26. The van der Waals surface area contributed by atoms with E-state index in [1.54, 1.807) is 7.05 Å². The number of aromatic nitrogens is 4. The first kappa shape index (κ1) is 19.9. The molecule has 1 aliphatic rings. The van der Waals surface area contributed by atoms with Crippen LogP contribution >= 0.6 is 15.9 Å². The van der Waals surface area contributed by atoms with Crippen LogP contribution in [-0.2, 0) is 20.6 Å². The van der Waals surface area contributed by atoms with Crippen molar-refractivity contribution in [3.8, 4) is 0 Å². The SMILES string of the molecule is Cn1c(=O)c2c(nc(N[C@@H]3CCCC[C@@H]3N)n2Cc2ccccc2Br)n(C)c1=O. The van der Waals surface area contributed by atoms with E-state index in [0.717, 1.165) is 40.3 Å². The molecule has 1 aromatic carbocycles. The van der Waals surface area contributed by atoms with E-state index in [4.69, 9.17) is 5.73 Å². The van der Waals surface area contributed by atoms with Gasteiger partial charge in [-0.2, -0.15) is 4.98 Å². The van der Waals surface area contributed by atoms with Crippen LogP contribution in [0.3, 0.4) is 0 Å². The molecule has 2 atom stereocenters. The predicted molar refractivity (Wildman–Crippen MR) is 117 cm³/mol. The maximum absolute atomic E-state index is 13.0. The van der Waals surface area contributed by atoms with Crippen molar-refractivity contribution < 1.29 is 0 Å². The number of nitrogens with two attached hydrogens (primary N) is 1. The van der Waals surface area contributed by atoms with E-state index in [1.165, 1.54) is 11.6 Å². The minimum Gasteiger partial charge on any atom is -0.351 e. The summed E-state index contributed by atoms with van der Waals surface area (Å²) in [5.74, 6) is 0.566. The van der Waals surface area contributed by atoms with E-state index in [-0.39, 0.29) is 17.6 Å². The van der Waals surface area contributed by atoms with E-state index in [9.17, 15) is 9.59 Å². The van der Waals surface area contributed by atoms with Crippen molar-refractivity contribution in [3.05, 3.63) is 55.1 Å². The fourth-order valence-corrected chi connectivity index (χ4v) is 4.42. The zero-order valence-electron chi connectivity index (χ0n) is 16.6. The molecule has 9 heteroatoms. The molecule has 8 nitrogen and oxygen atoms in total. The number of aryl methyl sites for hydroxylation is 1. The molecule has 29 heavy (non-hydrogen) atoms. The van der Waals surface area contributed by atoms with Crippen LogP contribution in [0.5, 0.6) is 0 Å². The van der Waals surface area contributed by atoms with Gasteiger partial charge in [0.1, 0.15) is 0 Å². The third kappa shape index (κ3) is 3.53. The van der Waals surface area contributed by atoms with E-state index >= 15 is 0 Å². The van der Waals surface area contributed by atoms with Crippen molar-refractivity contribution in [2.45, 2.75) is 44.3 Å². The van der Waals surface area contributed by atoms with E-state index < -0.39 is 5.69 Å². The first-order valence-electron chi connectivity index (χ1n) is 9.80. The number of rotatable bonds is 4. The lowest BCUT2D eigenvalue weighted by Gasteiger charge is -2.29. The molecule has 1 aliphatic carbocycles. The molecular weight excluding hydrogens is 436 g/mol. The first-order valence-corrected chi connectivity index (χ1v) is 10.6. The Kier molecular flexibility index (Phi) is 5.35. The van der Waals surface area contributed by atoms with Gasteiger partial charge in [0.15, 0.2) is 11.2 Å². The lowest BCUT2D eigenvalue weighted by molar-refractivity contribution is 0.401. The predicted octanol–water partition coefficient (Wildman–Crippen LogP) is 1.93. The Hall–Kier alpha value is -2.39. The van der Waals surface area contributed by atoms with Crippen molar-refractivity contribution in [2.24, 2.45) is 19.8 Å². The standard InChI is InChI=1S/C20H25BrN6O2/c1-25-17-16(18(28)26(2)20(25)29)27(11-12-7-3-4-8-13(12)21)19(24-17)23-15-10-6-5-9-14(15)22/h3-4,7-8,14-15H,5-6,9-11,22H2,1-2H3,(H,23,24)/t14-,15+/m0/s1. The van der Waals surface area contributed by atoms with Crippen LogP contribution in [0.15, 0.2) is 38.3 Å². The molecule has 1 fully saturated rings. The van der Waals surface area contributed by atoms with Gasteiger partial charge in [0.25, 0.3) is 5.56 Å². The fourth-order valence-electron chi connectivity index (χ4n) is 4.01. The van der Waals surface area contributed by atoms with Crippen LogP contribution in [-0.4, -0.2) is 30.8 Å². The van der Waals surface area contributed by atoms with Crippen LogP contribution < -0.4 is 22.3 Å². The molecule has 3 aromatic rings. The van der Waals surface area contributed by atoms with E-state index in [0.29, 0.717) is 23.7 Å². The summed E-state index contributed by atoms with van der Waals surface area (Å²) in [6.07, 6.45) is 4.15. The summed E-state index contributed by atoms with van der Waals surface area (Å²) in [5.41, 5.74) is 7.36. The normalized spacial score (nSPS) is 19.6. The third-order valence-electron chi connectivity index (χ3n) is 5.77. The number of hydrogen-bond donors (Lipinski definition) is 2. The Morgan fingerprint density at radius 2 is 1.90 bits per heavy atom. The van der Waals surface area contributed by atoms with Crippen LogP contribution in [0, 0.1) is 0 Å². The summed E-state index contributed by atoms with van der Waals surface area (Å²) in [6.45, 7) is 0.440. The van der Waals surface area contributed by atoms with Gasteiger partial charge in [-0.15, -0.1) is 0 Å². The van der Waals surface area contributed by atoms with Gasteiger partial charge in [0, 0.05) is 30.7 Å². The van der Waals surface area contributed by atoms with Crippen LogP contribution in [0.4, 0.5) is 5.95 Å². The van der Waals surface area contributed by atoms with Crippen molar-refractivity contribution in [1.29, 1.82) is 0 Å². The maximum atomic E-state index is 13.0. The molecule has 0 saturated heterocycles. The second-order valence-electron chi connectivity index (χ2n) is 7.69. The molecule has 0 amide bonds. The molecule has 0 aliphatic heterocycles. The van der Waals surface area contributed by atoms with Gasteiger partial charge in [-0.1, -0.05) is 47.0 Å². The Morgan fingerprint density at radius 3 is 2.62 bits per heavy atom. The summed E-state index contributed by atoms with van der Waals surface area (Å²) < 4.78 is 5.35. The molecule has 0 radical (unpaired) electrons. The molecular formula is C20H25BrN6O2. The summed E-state index contributed by atoms with van der Waals surface area (Å²) in [5, 5.41) is 3.47. The third-order valence-corrected chi connectivity index (χ3v) is 6.54. The van der Waals surface area contributed by atoms with Gasteiger partial charge in [-0.05, 0) is 24.5 Å². The second kappa shape index (κ2) is 7.79. The van der Waals surface area contributed by atoms with Crippen LogP contribution in [0.1, 0.15) is 31.2 Å². The lowest BCUT2D eigenvalue weighted by atomic mass is 9.91. The number of fused-ring (bicyclic) bond motifs is 1. The topological polar surface area (TPSA) is 99.9 Å². The van der Waals surface area contributed by atoms with E-state index in [1.807, 2.05) is 28.8 Å². The Morgan fingerprint density at radius 1 is 1.17 bits per heavy atom. The van der Waals surface area contributed by atoms with Gasteiger partial charge < -0.3 is 11.1 Å². The monoisotopic (exact) mass is 460 g/mol. The van der Waals surface area contributed by atoms with Crippen molar-refractivity contribution in [3.63, 3.8) is 0 Å². The minimum absolute atomic E-state index is 0.0344. The largest absolute Gasteiger partial charge is 0.351 e. The molecule has 154 valence electrons. The van der Waals surface area contributed by atoms with Crippen molar-refractivity contribution >= 4 is 33.0 Å². The number of imidazole rings is 1. The Bertz CT molecular complexity index is 1180. The molecule has 1 saturated carbocycles. The van der Waals surface area contributed by atoms with Gasteiger partial charge in [0.05, 0.1) is 6.54 Å². The zero-order chi connectivity index (χ0) is 20.7. The van der Waals surface area contributed by atoms with Crippen molar-refractivity contribution in [1.82, 2.24) is 18.7 Å². The number of nitrogens with zero attached hydrogens (tertiary/aromatic N) is 4. The number of anilines is 1. The highest BCUT2D eigenvalue weighted by molar-refractivity contribution is 9.10. The van der Waals surface area contributed by atoms with Crippen LogP contribution in [0.2, 0.25) is 0 Å².